The topological polar surface area (TPSA) is 45.7 Å². The lowest BCUT2D eigenvalue weighted by Crippen LogP contribution is -2.32. The summed E-state index contributed by atoms with van der Waals surface area (Å²) in [5.41, 5.74) is 3.25. The number of likely N-dealkylation sites (tertiary alicyclic amines) is 1. The molecule has 3 rings (SSSR count). The van der Waals surface area contributed by atoms with Crippen LogP contribution in [0.2, 0.25) is 0 Å². The van der Waals surface area contributed by atoms with Crippen LogP contribution in [0, 0.1) is 6.92 Å². The third-order valence-electron chi connectivity index (χ3n) is 4.67. The van der Waals surface area contributed by atoms with Crippen LogP contribution in [0.25, 0.3) is 0 Å². The van der Waals surface area contributed by atoms with E-state index in [-0.39, 0.29) is 12.0 Å². The van der Waals surface area contributed by atoms with Crippen molar-refractivity contribution in [1.29, 1.82) is 0 Å². The molecule has 0 spiro atoms. The number of aryl methyl sites for hydroxylation is 1. The van der Waals surface area contributed by atoms with Crippen LogP contribution in [0.15, 0.2) is 42.6 Å². The van der Waals surface area contributed by atoms with E-state index in [2.05, 4.69) is 9.88 Å². The molecule has 5 nitrogen and oxygen atoms in total. The molecule has 1 atom stereocenters. The molecular formula is C21H27N3O2. The van der Waals surface area contributed by atoms with Crippen molar-refractivity contribution in [2.75, 3.05) is 27.2 Å². The summed E-state index contributed by atoms with van der Waals surface area (Å²) >= 11 is 0. The molecular weight excluding hydrogens is 326 g/mol. The minimum Gasteiger partial charge on any atom is -0.488 e. The number of pyridine rings is 1. The molecule has 1 aliphatic rings. The molecule has 1 aromatic heterocycles. The lowest BCUT2D eigenvalue weighted by Gasteiger charge is -2.18. The van der Waals surface area contributed by atoms with Gasteiger partial charge in [0, 0.05) is 31.8 Å². The van der Waals surface area contributed by atoms with Gasteiger partial charge in [-0.25, -0.2) is 0 Å². The van der Waals surface area contributed by atoms with Gasteiger partial charge in [-0.3, -0.25) is 9.78 Å². The molecule has 1 fully saturated rings. The first-order valence-corrected chi connectivity index (χ1v) is 9.10. The highest BCUT2D eigenvalue weighted by atomic mass is 16.5. The minimum absolute atomic E-state index is 0.0467. The monoisotopic (exact) mass is 353 g/mol. The van der Waals surface area contributed by atoms with Crippen molar-refractivity contribution in [3.05, 3.63) is 59.4 Å². The normalized spacial score (nSPS) is 16.9. The molecule has 0 radical (unpaired) electrons. The largest absolute Gasteiger partial charge is 0.488 e. The molecule has 1 unspecified atom stereocenters. The van der Waals surface area contributed by atoms with E-state index in [9.17, 15) is 4.79 Å². The second-order valence-corrected chi connectivity index (χ2v) is 7.19. The lowest BCUT2D eigenvalue weighted by atomic mass is 10.1. The van der Waals surface area contributed by atoms with Crippen LogP contribution in [0.5, 0.6) is 5.75 Å². The van der Waals surface area contributed by atoms with Crippen molar-refractivity contribution in [2.24, 2.45) is 0 Å². The molecule has 26 heavy (non-hydrogen) atoms. The number of ether oxygens (including phenoxy) is 1. The van der Waals surface area contributed by atoms with Gasteiger partial charge in [0.25, 0.3) is 0 Å². The molecule has 1 aliphatic heterocycles. The number of benzene rings is 1. The third kappa shape index (κ3) is 4.82. The van der Waals surface area contributed by atoms with Crippen molar-refractivity contribution < 1.29 is 9.53 Å². The van der Waals surface area contributed by atoms with E-state index in [4.69, 9.17) is 4.74 Å². The average Bonchev–Trinajstić information content (AvgIpc) is 3.05. The van der Waals surface area contributed by atoms with Gasteiger partial charge in [-0.2, -0.15) is 0 Å². The first kappa shape index (κ1) is 18.4. The Morgan fingerprint density at radius 1 is 1.31 bits per heavy atom. The highest BCUT2D eigenvalue weighted by Gasteiger charge is 2.27. The van der Waals surface area contributed by atoms with Crippen LogP contribution in [0.3, 0.4) is 0 Å². The van der Waals surface area contributed by atoms with E-state index >= 15 is 0 Å². The smallest absolute Gasteiger partial charge is 0.227 e. The predicted octanol–water partition coefficient (Wildman–Crippen LogP) is 2.67. The van der Waals surface area contributed by atoms with Crippen LogP contribution in [0.1, 0.15) is 23.2 Å². The van der Waals surface area contributed by atoms with Gasteiger partial charge in [0.1, 0.15) is 11.9 Å². The Kier molecular flexibility index (Phi) is 5.89. The van der Waals surface area contributed by atoms with Crippen LogP contribution >= 0.6 is 0 Å². The van der Waals surface area contributed by atoms with Crippen molar-refractivity contribution in [3.8, 4) is 5.75 Å². The standard InChI is InChI=1S/C21H27N3O2/c1-16-6-4-5-7-17(16)12-21(25)24-11-9-20(15-24)26-19-8-10-22-18(13-19)14-23(2)3/h4-8,10,13,20H,9,11-12,14-15H2,1-3H3. The van der Waals surface area contributed by atoms with Gasteiger partial charge in [-0.05, 0) is 38.2 Å². The highest BCUT2D eigenvalue weighted by Crippen LogP contribution is 2.20. The summed E-state index contributed by atoms with van der Waals surface area (Å²) < 4.78 is 6.10. The first-order chi connectivity index (χ1) is 12.5. The summed E-state index contributed by atoms with van der Waals surface area (Å²) in [6, 6.07) is 11.9. The van der Waals surface area contributed by atoms with Crippen molar-refractivity contribution in [2.45, 2.75) is 32.4 Å². The molecule has 0 bridgehead atoms. The summed E-state index contributed by atoms with van der Waals surface area (Å²) in [6.45, 7) is 4.23. The Morgan fingerprint density at radius 2 is 2.12 bits per heavy atom. The minimum atomic E-state index is 0.0467. The fourth-order valence-electron chi connectivity index (χ4n) is 3.27. The summed E-state index contributed by atoms with van der Waals surface area (Å²) in [4.78, 5) is 21.0. The van der Waals surface area contributed by atoms with Crippen LogP contribution in [-0.4, -0.2) is 54.0 Å². The van der Waals surface area contributed by atoms with Gasteiger partial charge in [0.2, 0.25) is 5.91 Å². The van der Waals surface area contributed by atoms with Crippen molar-refractivity contribution in [1.82, 2.24) is 14.8 Å². The number of amides is 1. The zero-order valence-corrected chi connectivity index (χ0v) is 15.8. The molecule has 138 valence electrons. The molecule has 1 amide bonds. The molecule has 2 heterocycles. The van der Waals surface area contributed by atoms with Crippen LogP contribution < -0.4 is 4.74 Å². The molecule has 2 aromatic rings. The molecule has 5 heteroatoms. The van der Waals surface area contributed by atoms with E-state index in [1.807, 2.05) is 62.3 Å². The van der Waals surface area contributed by atoms with E-state index in [0.29, 0.717) is 13.0 Å². The summed E-state index contributed by atoms with van der Waals surface area (Å²) in [5, 5.41) is 0. The van der Waals surface area contributed by atoms with Gasteiger partial charge < -0.3 is 14.5 Å². The molecule has 1 aromatic carbocycles. The molecule has 0 saturated carbocycles. The SMILES string of the molecule is Cc1ccccc1CC(=O)N1CCC(Oc2ccnc(CN(C)C)c2)C1. The Hall–Kier alpha value is -2.40. The Labute approximate surface area is 155 Å². The first-order valence-electron chi connectivity index (χ1n) is 9.10. The van der Waals surface area contributed by atoms with Gasteiger partial charge in [-0.1, -0.05) is 24.3 Å². The zero-order valence-electron chi connectivity index (χ0n) is 15.8. The van der Waals surface area contributed by atoms with Crippen molar-refractivity contribution in [3.63, 3.8) is 0 Å². The number of carbonyl (C=O) groups excluding carboxylic acids is 1. The maximum Gasteiger partial charge on any atom is 0.227 e. The maximum absolute atomic E-state index is 12.6. The van der Waals surface area contributed by atoms with Gasteiger partial charge in [0.05, 0.1) is 18.7 Å². The highest BCUT2D eigenvalue weighted by molar-refractivity contribution is 5.79. The van der Waals surface area contributed by atoms with E-state index in [1.54, 1.807) is 6.20 Å². The van der Waals surface area contributed by atoms with E-state index in [1.165, 1.54) is 0 Å². The fraction of sp³-hybridized carbons (Fsp3) is 0.429. The predicted molar refractivity (Wildman–Crippen MR) is 102 cm³/mol. The number of hydrogen-bond donors (Lipinski definition) is 0. The molecule has 1 saturated heterocycles. The second-order valence-electron chi connectivity index (χ2n) is 7.19. The number of carbonyl (C=O) groups is 1. The molecule has 0 aliphatic carbocycles. The number of hydrogen-bond acceptors (Lipinski definition) is 4. The number of nitrogens with zero attached hydrogens (tertiary/aromatic N) is 3. The van der Waals surface area contributed by atoms with Crippen LogP contribution in [0.4, 0.5) is 0 Å². The average molecular weight is 353 g/mol. The quantitative estimate of drug-likeness (QED) is 0.801. The Morgan fingerprint density at radius 3 is 2.88 bits per heavy atom. The fourth-order valence-corrected chi connectivity index (χ4v) is 3.27. The Balaban J connectivity index is 1.55. The van der Waals surface area contributed by atoms with Gasteiger partial charge in [0.15, 0.2) is 0 Å². The maximum atomic E-state index is 12.6. The zero-order chi connectivity index (χ0) is 18.5. The second kappa shape index (κ2) is 8.32. The summed E-state index contributed by atoms with van der Waals surface area (Å²) in [5.74, 6) is 1.00. The van der Waals surface area contributed by atoms with E-state index in [0.717, 1.165) is 42.1 Å². The number of rotatable bonds is 6. The lowest BCUT2D eigenvalue weighted by molar-refractivity contribution is -0.129. The number of aromatic nitrogens is 1. The van der Waals surface area contributed by atoms with Gasteiger partial charge in [-0.15, -0.1) is 0 Å². The summed E-state index contributed by atoms with van der Waals surface area (Å²) in [7, 11) is 4.04. The van der Waals surface area contributed by atoms with Gasteiger partial charge >= 0.3 is 0 Å². The van der Waals surface area contributed by atoms with Crippen LogP contribution in [-0.2, 0) is 17.8 Å². The third-order valence-corrected chi connectivity index (χ3v) is 4.67. The molecule has 0 N–H and O–H groups in total. The Bertz CT molecular complexity index is 760. The van der Waals surface area contributed by atoms with E-state index < -0.39 is 0 Å². The van der Waals surface area contributed by atoms with Crippen molar-refractivity contribution >= 4 is 5.91 Å². The summed E-state index contributed by atoms with van der Waals surface area (Å²) in [6.07, 6.45) is 3.15.